The Morgan fingerprint density at radius 3 is 2.79 bits per heavy atom. The normalized spacial score (nSPS) is 10.2. The van der Waals surface area contributed by atoms with Crippen LogP contribution in [0.3, 0.4) is 0 Å². The Hall–Kier alpha value is -1.65. The molecule has 5 heteroatoms. The molecule has 19 heavy (non-hydrogen) atoms. The fourth-order valence-electron chi connectivity index (χ4n) is 1.70. The van der Waals surface area contributed by atoms with Crippen molar-refractivity contribution in [3.63, 3.8) is 0 Å². The smallest absolute Gasteiger partial charge is 0.104 e. The van der Waals surface area contributed by atoms with Gasteiger partial charge in [-0.05, 0) is 37.3 Å². The molecule has 0 bridgehead atoms. The standard InChI is InChI=1S/C14H14ClN3S/c1-9-3-2-4-11(18-9)8-17-13-6-5-10(14(16)19)7-12(13)15/h2-7,17H,8H2,1H3,(H2,16,19). The minimum atomic E-state index is 0.341. The fourth-order valence-corrected chi connectivity index (χ4v) is 2.07. The van der Waals surface area contributed by atoms with Crippen LogP contribution >= 0.6 is 23.8 Å². The molecule has 0 radical (unpaired) electrons. The highest BCUT2D eigenvalue weighted by molar-refractivity contribution is 7.80. The quantitative estimate of drug-likeness (QED) is 0.849. The van der Waals surface area contributed by atoms with Crippen LogP contribution in [0, 0.1) is 6.92 Å². The van der Waals surface area contributed by atoms with Crippen LogP contribution in [0.1, 0.15) is 17.0 Å². The maximum absolute atomic E-state index is 6.17. The first-order chi connectivity index (χ1) is 9.06. The number of halogens is 1. The van der Waals surface area contributed by atoms with Gasteiger partial charge in [0.25, 0.3) is 0 Å². The van der Waals surface area contributed by atoms with Crippen LogP contribution in [0.25, 0.3) is 0 Å². The van der Waals surface area contributed by atoms with E-state index in [1.165, 1.54) is 0 Å². The van der Waals surface area contributed by atoms with Crippen LogP contribution in [0.2, 0.25) is 5.02 Å². The number of nitrogens with two attached hydrogens (primary N) is 1. The van der Waals surface area contributed by atoms with E-state index in [0.29, 0.717) is 16.6 Å². The van der Waals surface area contributed by atoms with Gasteiger partial charge in [-0.3, -0.25) is 4.98 Å². The van der Waals surface area contributed by atoms with E-state index < -0.39 is 0 Å². The Balaban J connectivity index is 2.10. The summed E-state index contributed by atoms with van der Waals surface area (Å²) < 4.78 is 0. The van der Waals surface area contributed by atoms with E-state index >= 15 is 0 Å². The topological polar surface area (TPSA) is 50.9 Å². The number of nitrogens with one attached hydrogen (secondary N) is 1. The Morgan fingerprint density at radius 1 is 1.37 bits per heavy atom. The number of thiocarbonyl (C=S) groups is 1. The predicted molar refractivity (Wildman–Crippen MR) is 83.6 cm³/mol. The molecular formula is C14H14ClN3S. The lowest BCUT2D eigenvalue weighted by Gasteiger charge is -2.09. The van der Waals surface area contributed by atoms with Crippen molar-refractivity contribution in [3.8, 4) is 0 Å². The van der Waals surface area contributed by atoms with Crippen molar-refractivity contribution in [1.82, 2.24) is 4.98 Å². The van der Waals surface area contributed by atoms with Gasteiger partial charge in [0.05, 0.1) is 22.9 Å². The molecule has 3 N–H and O–H groups in total. The third kappa shape index (κ3) is 3.66. The minimum Gasteiger partial charge on any atom is -0.389 e. The summed E-state index contributed by atoms with van der Waals surface area (Å²) >= 11 is 11.1. The van der Waals surface area contributed by atoms with Crippen molar-refractivity contribution in [2.24, 2.45) is 5.73 Å². The van der Waals surface area contributed by atoms with Gasteiger partial charge in [0.2, 0.25) is 0 Å². The molecule has 1 heterocycles. The monoisotopic (exact) mass is 291 g/mol. The number of benzene rings is 1. The Bertz CT molecular complexity index is 613. The molecule has 2 rings (SSSR count). The first kappa shape index (κ1) is 13.8. The van der Waals surface area contributed by atoms with Crippen LogP contribution in [-0.4, -0.2) is 9.97 Å². The second kappa shape index (κ2) is 5.99. The van der Waals surface area contributed by atoms with E-state index in [1.54, 1.807) is 6.07 Å². The summed E-state index contributed by atoms with van der Waals surface area (Å²) in [7, 11) is 0. The van der Waals surface area contributed by atoms with Crippen LogP contribution in [-0.2, 0) is 6.54 Å². The second-order valence-corrected chi connectivity index (χ2v) is 5.03. The second-order valence-electron chi connectivity index (χ2n) is 4.18. The van der Waals surface area contributed by atoms with Gasteiger partial charge in [0.1, 0.15) is 4.99 Å². The van der Waals surface area contributed by atoms with Crippen LogP contribution < -0.4 is 11.1 Å². The molecule has 0 fully saturated rings. The van der Waals surface area contributed by atoms with Crippen molar-refractivity contribution in [3.05, 3.63) is 58.4 Å². The molecule has 1 aromatic carbocycles. The van der Waals surface area contributed by atoms with Gasteiger partial charge < -0.3 is 11.1 Å². The molecule has 0 aliphatic carbocycles. The molecule has 0 spiro atoms. The number of hydrogen-bond donors (Lipinski definition) is 2. The zero-order valence-electron chi connectivity index (χ0n) is 10.5. The number of rotatable bonds is 4. The van der Waals surface area contributed by atoms with Crippen molar-refractivity contribution in [2.45, 2.75) is 13.5 Å². The third-order valence-electron chi connectivity index (χ3n) is 2.66. The highest BCUT2D eigenvalue weighted by atomic mass is 35.5. The van der Waals surface area contributed by atoms with Crippen LogP contribution in [0.5, 0.6) is 0 Å². The van der Waals surface area contributed by atoms with Gasteiger partial charge in [-0.1, -0.05) is 29.9 Å². The average Bonchev–Trinajstić information content (AvgIpc) is 2.37. The number of aryl methyl sites for hydroxylation is 1. The predicted octanol–water partition coefficient (Wildman–Crippen LogP) is 3.29. The summed E-state index contributed by atoms with van der Waals surface area (Å²) in [5, 5.41) is 3.84. The zero-order valence-corrected chi connectivity index (χ0v) is 12.1. The Kier molecular flexibility index (Phi) is 4.35. The summed E-state index contributed by atoms with van der Waals surface area (Å²) in [5.74, 6) is 0. The molecule has 0 amide bonds. The third-order valence-corrected chi connectivity index (χ3v) is 3.21. The van der Waals surface area contributed by atoms with Gasteiger partial charge in [-0.15, -0.1) is 0 Å². The van der Waals surface area contributed by atoms with Crippen molar-refractivity contribution < 1.29 is 0 Å². The Morgan fingerprint density at radius 2 is 2.16 bits per heavy atom. The average molecular weight is 292 g/mol. The lowest BCUT2D eigenvalue weighted by atomic mass is 10.2. The summed E-state index contributed by atoms with van der Waals surface area (Å²) in [4.78, 5) is 4.76. The largest absolute Gasteiger partial charge is 0.389 e. The SMILES string of the molecule is Cc1cccc(CNc2ccc(C(N)=S)cc2Cl)n1. The molecule has 0 saturated carbocycles. The highest BCUT2D eigenvalue weighted by Gasteiger charge is 2.04. The molecule has 2 aromatic rings. The first-order valence-electron chi connectivity index (χ1n) is 5.82. The summed E-state index contributed by atoms with van der Waals surface area (Å²) in [6, 6.07) is 11.4. The summed E-state index contributed by atoms with van der Waals surface area (Å²) in [5.41, 5.74) is 9.12. The molecule has 3 nitrogen and oxygen atoms in total. The van der Waals surface area contributed by atoms with Crippen molar-refractivity contribution >= 4 is 34.5 Å². The van der Waals surface area contributed by atoms with E-state index in [2.05, 4.69) is 10.3 Å². The van der Waals surface area contributed by atoms with Crippen LogP contribution in [0.15, 0.2) is 36.4 Å². The lowest BCUT2D eigenvalue weighted by Crippen LogP contribution is -2.09. The first-order valence-corrected chi connectivity index (χ1v) is 6.60. The van der Waals surface area contributed by atoms with E-state index in [-0.39, 0.29) is 0 Å². The highest BCUT2D eigenvalue weighted by Crippen LogP contribution is 2.23. The zero-order chi connectivity index (χ0) is 13.8. The van der Waals surface area contributed by atoms with Crippen molar-refractivity contribution in [1.29, 1.82) is 0 Å². The molecule has 98 valence electrons. The van der Waals surface area contributed by atoms with E-state index in [9.17, 15) is 0 Å². The van der Waals surface area contributed by atoms with E-state index in [4.69, 9.17) is 29.6 Å². The summed E-state index contributed by atoms with van der Waals surface area (Å²) in [6.07, 6.45) is 0. The van der Waals surface area contributed by atoms with E-state index in [0.717, 1.165) is 22.6 Å². The minimum absolute atomic E-state index is 0.341. The van der Waals surface area contributed by atoms with Gasteiger partial charge in [-0.2, -0.15) is 0 Å². The number of anilines is 1. The van der Waals surface area contributed by atoms with Gasteiger partial charge in [-0.25, -0.2) is 0 Å². The molecule has 0 unspecified atom stereocenters. The number of pyridine rings is 1. The van der Waals surface area contributed by atoms with E-state index in [1.807, 2.05) is 37.3 Å². The number of hydrogen-bond acceptors (Lipinski definition) is 3. The fraction of sp³-hybridized carbons (Fsp3) is 0.143. The Labute approximate surface area is 122 Å². The number of aromatic nitrogens is 1. The molecule has 0 saturated heterocycles. The molecule has 0 atom stereocenters. The maximum Gasteiger partial charge on any atom is 0.104 e. The van der Waals surface area contributed by atoms with Crippen LogP contribution in [0.4, 0.5) is 5.69 Å². The lowest BCUT2D eigenvalue weighted by molar-refractivity contribution is 1.02. The molecule has 1 aromatic heterocycles. The van der Waals surface area contributed by atoms with Gasteiger partial charge in [0.15, 0.2) is 0 Å². The molecule has 0 aliphatic rings. The number of nitrogens with zero attached hydrogens (tertiary/aromatic N) is 1. The molecular weight excluding hydrogens is 278 g/mol. The van der Waals surface area contributed by atoms with Gasteiger partial charge >= 0.3 is 0 Å². The van der Waals surface area contributed by atoms with Gasteiger partial charge in [0, 0.05) is 11.3 Å². The maximum atomic E-state index is 6.17. The molecule has 0 aliphatic heterocycles. The summed E-state index contributed by atoms with van der Waals surface area (Å²) in [6.45, 7) is 2.58. The van der Waals surface area contributed by atoms with Crippen molar-refractivity contribution in [2.75, 3.05) is 5.32 Å².